The maximum Gasteiger partial charge on any atom is 0.330 e. The van der Waals surface area contributed by atoms with Gasteiger partial charge in [-0.15, -0.1) is 0 Å². The zero-order valence-corrected chi connectivity index (χ0v) is 16.1. The lowest BCUT2D eigenvalue weighted by Crippen LogP contribution is -2.76. The molecule has 1 amide bonds. The van der Waals surface area contributed by atoms with Crippen molar-refractivity contribution in [2.75, 3.05) is 6.61 Å². The fraction of sp³-hybridized carbons (Fsp3) is 0.381. The number of nitrogens with one attached hydrogen (secondary N) is 1. The Morgan fingerprint density at radius 1 is 1.21 bits per heavy atom. The second kappa shape index (κ2) is 7.59. The first kappa shape index (κ1) is 19.8. The number of hydrogen-bond acceptors (Lipinski definition) is 5. The number of rotatable bonds is 7. The molecular formula is C21H24N2O5. The number of pyridine rings is 1. The molecule has 1 aliphatic carbocycles. The predicted molar refractivity (Wildman–Crippen MR) is 102 cm³/mol. The number of carboxylic acids is 1. The number of carboxylic acid groups (broad SMARTS) is 1. The first-order valence-corrected chi connectivity index (χ1v) is 9.16. The Morgan fingerprint density at radius 2 is 1.93 bits per heavy atom. The van der Waals surface area contributed by atoms with E-state index in [9.17, 15) is 14.7 Å². The number of ether oxygens (including phenoxy) is 2. The first-order chi connectivity index (χ1) is 13.3. The summed E-state index contributed by atoms with van der Waals surface area (Å²) in [6.07, 6.45) is 1.42. The molecule has 148 valence electrons. The maximum absolute atomic E-state index is 12.8. The number of nitrogens with zero attached hydrogens (tertiary/aromatic N) is 1. The summed E-state index contributed by atoms with van der Waals surface area (Å²) in [5.41, 5.74) is -2.09. The molecule has 0 radical (unpaired) electrons. The third kappa shape index (κ3) is 3.45. The number of amides is 1. The molecule has 2 aromatic rings. The van der Waals surface area contributed by atoms with Crippen LogP contribution in [0, 0.1) is 5.41 Å². The van der Waals surface area contributed by atoms with Gasteiger partial charge in [0.05, 0.1) is 6.10 Å². The molecule has 2 atom stereocenters. The minimum absolute atomic E-state index is 0.0877. The maximum atomic E-state index is 12.8. The van der Waals surface area contributed by atoms with Crippen LogP contribution in [0.15, 0.2) is 48.7 Å². The minimum atomic E-state index is -1.41. The number of aliphatic carboxylic acids is 1. The van der Waals surface area contributed by atoms with E-state index in [0.29, 0.717) is 18.1 Å². The number of aromatic nitrogens is 1. The van der Waals surface area contributed by atoms with Gasteiger partial charge in [-0.05, 0) is 25.1 Å². The molecule has 0 aliphatic heterocycles. The predicted octanol–water partition coefficient (Wildman–Crippen LogP) is 3.26. The Morgan fingerprint density at radius 3 is 2.54 bits per heavy atom. The summed E-state index contributed by atoms with van der Waals surface area (Å²) in [6.45, 7) is 5.91. The van der Waals surface area contributed by atoms with Crippen LogP contribution < -0.4 is 10.1 Å². The zero-order chi connectivity index (χ0) is 20.4. The topological polar surface area (TPSA) is 97.8 Å². The summed E-state index contributed by atoms with van der Waals surface area (Å²) in [5.74, 6) is -0.583. The van der Waals surface area contributed by atoms with Gasteiger partial charge in [0, 0.05) is 30.7 Å². The molecule has 0 spiro atoms. The highest BCUT2D eigenvalue weighted by Gasteiger charge is 2.66. The molecule has 1 saturated carbocycles. The molecule has 1 heterocycles. The summed E-state index contributed by atoms with van der Waals surface area (Å²) >= 11 is 0. The van der Waals surface area contributed by atoms with Crippen LogP contribution >= 0.6 is 0 Å². The lowest BCUT2D eigenvalue weighted by molar-refractivity contribution is -0.190. The normalized spacial score (nSPS) is 22.8. The van der Waals surface area contributed by atoms with E-state index in [2.05, 4.69) is 10.3 Å². The molecule has 1 aromatic heterocycles. The molecule has 2 N–H and O–H groups in total. The van der Waals surface area contributed by atoms with Crippen LogP contribution in [0.1, 0.15) is 37.7 Å². The summed E-state index contributed by atoms with van der Waals surface area (Å²) in [5, 5.41) is 12.5. The van der Waals surface area contributed by atoms with Gasteiger partial charge in [0.1, 0.15) is 22.7 Å². The van der Waals surface area contributed by atoms with Gasteiger partial charge in [-0.25, -0.2) is 4.79 Å². The van der Waals surface area contributed by atoms with Gasteiger partial charge in [0.2, 0.25) is 0 Å². The summed E-state index contributed by atoms with van der Waals surface area (Å²) in [6, 6.07) is 12.3. The van der Waals surface area contributed by atoms with Gasteiger partial charge in [-0.2, -0.15) is 0 Å². The molecule has 3 rings (SSSR count). The average Bonchev–Trinajstić information content (AvgIpc) is 2.67. The monoisotopic (exact) mass is 384 g/mol. The van der Waals surface area contributed by atoms with E-state index >= 15 is 0 Å². The van der Waals surface area contributed by atoms with E-state index in [1.165, 1.54) is 12.3 Å². The van der Waals surface area contributed by atoms with E-state index in [-0.39, 0.29) is 18.2 Å². The zero-order valence-electron chi connectivity index (χ0n) is 16.1. The van der Waals surface area contributed by atoms with E-state index in [1.54, 1.807) is 32.0 Å². The second-order valence-electron chi connectivity index (χ2n) is 7.33. The van der Waals surface area contributed by atoms with E-state index in [1.807, 2.05) is 25.1 Å². The van der Waals surface area contributed by atoms with E-state index in [4.69, 9.17) is 9.47 Å². The number of hydrogen-bond donors (Lipinski definition) is 2. The molecular weight excluding hydrogens is 360 g/mol. The molecule has 28 heavy (non-hydrogen) atoms. The van der Waals surface area contributed by atoms with Crippen molar-refractivity contribution < 1.29 is 24.2 Å². The fourth-order valence-electron chi connectivity index (χ4n) is 3.52. The van der Waals surface area contributed by atoms with Crippen LogP contribution in [-0.2, 0) is 9.53 Å². The molecule has 0 bridgehead atoms. The van der Waals surface area contributed by atoms with E-state index in [0.717, 1.165) is 0 Å². The first-order valence-electron chi connectivity index (χ1n) is 9.16. The molecule has 7 heteroatoms. The van der Waals surface area contributed by atoms with Gasteiger partial charge in [0.15, 0.2) is 0 Å². The Bertz CT molecular complexity index is 868. The Hall–Kier alpha value is -2.93. The fourth-order valence-corrected chi connectivity index (χ4v) is 3.52. The smallest absolute Gasteiger partial charge is 0.330 e. The van der Waals surface area contributed by atoms with Crippen LogP contribution in [-0.4, -0.2) is 40.2 Å². The van der Waals surface area contributed by atoms with Crippen molar-refractivity contribution >= 4 is 11.9 Å². The summed E-state index contributed by atoms with van der Waals surface area (Å²) in [4.78, 5) is 28.9. The highest BCUT2D eigenvalue weighted by atomic mass is 16.5. The Balaban J connectivity index is 1.78. The Kier molecular flexibility index (Phi) is 5.38. The van der Waals surface area contributed by atoms with Crippen molar-refractivity contribution in [2.45, 2.75) is 38.8 Å². The molecule has 1 aliphatic rings. The highest BCUT2D eigenvalue weighted by Crippen LogP contribution is 2.51. The average molecular weight is 384 g/mol. The second-order valence-corrected chi connectivity index (χ2v) is 7.33. The van der Waals surface area contributed by atoms with Gasteiger partial charge >= 0.3 is 5.97 Å². The van der Waals surface area contributed by atoms with Crippen LogP contribution in [0.5, 0.6) is 11.5 Å². The molecule has 1 aromatic carbocycles. The van der Waals surface area contributed by atoms with Crippen molar-refractivity contribution in [1.82, 2.24) is 10.3 Å². The minimum Gasteiger partial charge on any atom is -0.479 e. The molecule has 0 saturated heterocycles. The van der Waals surface area contributed by atoms with Gasteiger partial charge in [-0.1, -0.05) is 32.0 Å². The van der Waals surface area contributed by atoms with Crippen molar-refractivity contribution in [3.05, 3.63) is 54.4 Å². The van der Waals surface area contributed by atoms with Crippen molar-refractivity contribution in [3.63, 3.8) is 0 Å². The van der Waals surface area contributed by atoms with E-state index < -0.39 is 22.8 Å². The van der Waals surface area contributed by atoms with Crippen molar-refractivity contribution in [2.24, 2.45) is 5.41 Å². The van der Waals surface area contributed by atoms with Crippen LogP contribution in [0.25, 0.3) is 0 Å². The number of benzene rings is 1. The summed E-state index contributed by atoms with van der Waals surface area (Å²) in [7, 11) is 0. The van der Waals surface area contributed by atoms with Crippen LogP contribution in [0.4, 0.5) is 0 Å². The lowest BCUT2D eigenvalue weighted by atomic mass is 9.54. The van der Waals surface area contributed by atoms with Gasteiger partial charge < -0.3 is 19.9 Å². The highest BCUT2D eigenvalue weighted by molar-refractivity contribution is 5.97. The standard InChI is InChI=1S/C21H24N2O5/c1-4-27-17-13-21(19(25)26,20(17,2)3)23-18(24)16-12-15(10-11-22-16)28-14-8-6-5-7-9-14/h5-12,17H,4,13H2,1-3H3,(H,23,24)(H,25,26). The van der Waals surface area contributed by atoms with Crippen LogP contribution in [0.3, 0.4) is 0 Å². The Labute approximate surface area is 163 Å². The SMILES string of the molecule is CCOC1CC(NC(=O)c2cc(Oc3ccccc3)ccn2)(C(=O)O)C1(C)C. The van der Waals surface area contributed by atoms with Crippen molar-refractivity contribution in [1.29, 1.82) is 0 Å². The summed E-state index contributed by atoms with van der Waals surface area (Å²) < 4.78 is 11.3. The van der Waals surface area contributed by atoms with Gasteiger partial charge in [0.25, 0.3) is 5.91 Å². The quantitative estimate of drug-likeness (QED) is 0.760. The molecule has 2 unspecified atom stereocenters. The molecule has 7 nitrogen and oxygen atoms in total. The largest absolute Gasteiger partial charge is 0.479 e. The lowest BCUT2D eigenvalue weighted by Gasteiger charge is -2.58. The number of carbonyl (C=O) groups excluding carboxylic acids is 1. The number of para-hydroxylation sites is 1. The van der Waals surface area contributed by atoms with Crippen LogP contribution in [0.2, 0.25) is 0 Å². The number of carbonyl (C=O) groups is 2. The third-order valence-corrected chi connectivity index (χ3v) is 5.40. The molecule has 1 fully saturated rings. The third-order valence-electron chi connectivity index (χ3n) is 5.40. The van der Waals surface area contributed by atoms with Gasteiger partial charge in [-0.3, -0.25) is 9.78 Å². The van der Waals surface area contributed by atoms with Crippen molar-refractivity contribution in [3.8, 4) is 11.5 Å².